The van der Waals surface area contributed by atoms with Gasteiger partial charge < -0.3 is 5.21 Å². The molecule has 0 spiro atoms. The third-order valence-corrected chi connectivity index (χ3v) is 1.48. The summed E-state index contributed by atoms with van der Waals surface area (Å²) < 4.78 is 4.49. The standard InChI is InChI=1S/C7H5N3O2/c11-8-4-5-1-2-6-7(3-5)10-12-9-6/h1-4,11H/b8-4+. The highest BCUT2D eigenvalue weighted by Crippen LogP contribution is 2.09. The first-order valence-corrected chi connectivity index (χ1v) is 3.30. The lowest BCUT2D eigenvalue weighted by Gasteiger charge is -1.87. The van der Waals surface area contributed by atoms with Crippen LogP contribution in [0.15, 0.2) is 28.0 Å². The van der Waals surface area contributed by atoms with Gasteiger partial charge in [0.1, 0.15) is 11.0 Å². The molecule has 60 valence electrons. The molecule has 2 aromatic rings. The van der Waals surface area contributed by atoms with Crippen molar-refractivity contribution < 1.29 is 9.84 Å². The van der Waals surface area contributed by atoms with Crippen molar-refractivity contribution in [3.8, 4) is 0 Å². The van der Waals surface area contributed by atoms with Gasteiger partial charge in [-0.2, -0.15) is 0 Å². The maximum atomic E-state index is 8.25. The maximum Gasteiger partial charge on any atom is 0.135 e. The van der Waals surface area contributed by atoms with E-state index >= 15 is 0 Å². The van der Waals surface area contributed by atoms with E-state index < -0.39 is 0 Å². The van der Waals surface area contributed by atoms with Crippen LogP contribution in [0.25, 0.3) is 11.0 Å². The van der Waals surface area contributed by atoms with E-state index in [4.69, 9.17) is 5.21 Å². The minimum atomic E-state index is 0.646. The minimum absolute atomic E-state index is 0.646. The summed E-state index contributed by atoms with van der Waals surface area (Å²) in [5.41, 5.74) is 2.08. The summed E-state index contributed by atoms with van der Waals surface area (Å²) in [4.78, 5) is 0. The largest absolute Gasteiger partial charge is 0.411 e. The minimum Gasteiger partial charge on any atom is -0.411 e. The Morgan fingerprint density at radius 3 is 3.00 bits per heavy atom. The molecule has 0 amide bonds. The highest BCUT2D eigenvalue weighted by molar-refractivity contribution is 5.86. The van der Waals surface area contributed by atoms with Gasteiger partial charge in [-0.3, -0.25) is 0 Å². The van der Waals surface area contributed by atoms with Gasteiger partial charge in [-0.1, -0.05) is 11.2 Å². The number of hydrogen-bond acceptors (Lipinski definition) is 5. The van der Waals surface area contributed by atoms with Crippen LogP contribution in [-0.2, 0) is 0 Å². The third-order valence-electron chi connectivity index (χ3n) is 1.48. The van der Waals surface area contributed by atoms with Crippen molar-refractivity contribution in [2.45, 2.75) is 0 Å². The van der Waals surface area contributed by atoms with E-state index in [0.29, 0.717) is 11.0 Å². The zero-order valence-corrected chi connectivity index (χ0v) is 6.01. The van der Waals surface area contributed by atoms with Gasteiger partial charge in [-0.25, -0.2) is 4.63 Å². The highest BCUT2D eigenvalue weighted by atomic mass is 16.6. The smallest absolute Gasteiger partial charge is 0.135 e. The fraction of sp³-hybridized carbons (Fsp3) is 0. The average molecular weight is 163 g/mol. The van der Waals surface area contributed by atoms with Crippen molar-refractivity contribution in [3.63, 3.8) is 0 Å². The molecule has 12 heavy (non-hydrogen) atoms. The van der Waals surface area contributed by atoms with Gasteiger partial charge in [-0.15, -0.1) is 0 Å². The molecule has 2 rings (SSSR count). The lowest BCUT2D eigenvalue weighted by atomic mass is 10.2. The van der Waals surface area contributed by atoms with Gasteiger partial charge in [0.25, 0.3) is 0 Å². The first-order chi connectivity index (χ1) is 5.90. The Labute approximate surface area is 67.3 Å². The molecule has 0 aliphatic heterocycles. The Balaban J connectivity index is 2.60. The van der Waals surface area contributed by atoms with Crippen LogP contribution in [0.1, 0.15) is 5.56 Å². The number of fused-ring (bicyclic) bond motifs is 1. The fourth-order valence-corrected chi connectivity index (χ4v) is 0.946. The molecule has 1 N–H and O–H groups in total. The van der Waals surface area contributed by atoms with E-state index in [1.807, 2.05) is 0 Å². The molecule has 0 radical (unpaired) electrons. The summed E-state index contributed by atoms with van der Waals surface area (Å²) in [6.07, 6.45) is 1.31. The molecule has 5 nitrogen and oxygen atoms in total. The second kappa shape index (κ2) is 2.61. The molecule has 1 aromatic heterocycles. The Bertz CT molecular complexity index is 421. The SMILES string of the molecule is O/N=C/c1ccc2nonc2c1. The summed E-state index contributed by atoms with van der Waals surface area (Å²) in [6, 6.07) is 5.21. The summed E-state index contributed by atoms with van der Waals surface area (Å²) in [6.45, 7) is 0. The molecule has 0 aliphatic rings. The van der Waals surface area contributed by atoms with Crippen molar-refractivity contribution >= 4 is 17.2 Å². The van der Waals surface area contributed by atoms with E-state index in [0.717, 1.165) is 5.56 Å². The van der Waals surface area contributed by atoms with Crippen LogP contribution in [0.4, 0.5) is 0 Å². The molecule has 1 aromatic carbocycles. The van der Waals surface area contributed by atoms with Crippen LogP contribution >= 0.6 is 0 Å². The monoisotopic (exact) mass is 163 g/mol. The zero-order chi connectivity index (χ0) is 8.39. The van der Waals surface area contributed by atoms with E-state index in [9.17, 15) is 0 Å². The second-order valence-electron chi connectivity index (χ2n) is 2.26. The van der Waals surface area contributed by atoms with Crippen molar-refractivity contribution in [1.82, 2.24) is 10.3 Å². The Morgan fingerprint density at radius 1 is 1.33 bits per heavy atom. The highest BCUT2D eigenvalue weighted by Gasteiger charge is 1.98. The first-order valence-electron chi connectivity index (χ1n) is 3.30. The van der Waals surface area contributed by atoms with Crippen LogP contribution in [-0.4, -0.2) is 21.7 Å². The lowest BCUT2D eigenvalue weighted by molar-refractivity contribution is 0.315. The van der Waals surface area contributed by atoms with Crippen molar-refractivity contribution in [2.75, 3.05) is 0 Å². The van der Waals surface area contributed by atoms with Crippen LogP contribution in [0.5, 0.6) is 0 Å². The van der Waals surface area contributed by atoms with E-state index in [1.54, 1.807) is 18.2 Å². The Kier molecular flexibility index (Phi) is 1.48. The molecule has 0 fully saturated rings. The quantitative estimate of drug-likeness (QED) is 0.387. The summed E-state index contributed by atoms with van der Waals surface area (Å²) in [5.74, 6) is 0. The molecule has 1 heterocycles. The number of benzene rings is 1. The van der Waals surface area contributed by atoms with Gasteiger partial charge in [0.15, 0.2) is 0 Å². The molecule has 0 saturated heterocycles. The van der Waals surface area contributed by atoms with Crippen molar-refractivity contribution in [2.24, 2.45) is 5.16 Å². The molecule has 0 unspecified atom stereocenters. The molecular weight excluding hydrogens is 158 g/mol. The number of aromatic nitrogens is 2. The van der Waals surface area contributed by atoms with Crippen LogP contribution < -0.4 is 0 Å². The van der Waals surface area contributed by atoms with Crippen molar-refractivity contribution in [1.29, 1.82) is 0 Å². The van der Waals surface area contributed by atoms with Crippen LogP contribution in [0, 0.1) is 0 Å². The van der Waals surface area contributed by atoms with E-state index in [1.165, 1.54) is 6.21 Å². The summed E-state index contributed by atoms with van der Waals surface area (Å²) in [7, 11) is 0. The number of hydrogen-bond donors (Lipinski definition) is 1. The molecule has 5 heteroatoms. The van der Waals surface area contributed by atoms with E-state index in [-0.39, 0.29) is 0 Å². The molecular formula is C7H5N3O2. The first kappa shape index (κ1) is 6.78. The summed E-state index contributed by atoms with van der Waals surface area (Å²) >= 11 is 0. The molecule has 0 aliphatic carbocycles. The number of oxime groups is 1. The van der Waals surface area contributed by atoms with Crippen LogP contribution in [0.2, 0.25) is 0 Å². The lowest BCUT2D eigenvalue weighted by Crippen LogP contribution is -1.80. The Hall–Kier alpha value is -1.91. The third kappa shape index (κ3) is 1.01. The van der Waals surface area contributed by atoms with Gasteiger partial charge in [0.05, 0.1) is 6.21 Å². The summed E-state index contributed by atoms with van der Waals surface area (Å²) in [5, 5.41) is 18.4. The number of nitrogens with zero attached hydrogens (tertiary/aromatic N) is 3. The van der Waals surface area contributed by atoms with Gasteiger partial charge in [0, 0.05) is 0 Å². The van der Waals surface area contributed by atoms with Crippen molar-refractivity contribution in [3.05, 3.63) is 23.8 Å². The molecule has 0 atom stereocenters. The predicted octanol–water partition coefficient (Wildman–Crippen LogP) is 1.03. The number of rotatable bonds is 1. The fourth-order valence-electron chi connectivity index (χ4n) is 0.946. The van der Waals surface area contributed by atoms with E-state index in [2.05, 4.69) is 20.1 Å². The zero-order valence-electron chi connectivity index (χ0n) is 6.01. The van der Waals surface area contributed by atoms with Gasteiger partial charge in [-0.05, 0) is 28.0 Å². The maximum absolute atomic E-state index is 8.25. The topological polar surface area (TPSA) is 71.5 Å². The predicted molar refractivity (Wildman–Crippen MR) is 41.2 cm³/mol. The van der Waals surface area contributed by atoms with Gasteiger partial charge >= 0.3 is 0 Å². The normalized spacial score (nSPS) is 11.3. The molecule has 0 bridgehead atoms. The molecule has 0 saturated carbocycles. The van der Waals surface area contributed by atoms with Gasteiger partial charge in [0.2, 0.25) is 0 Å². The average Bonchev–Trinajstić information content (AvgIpc) is 2.51. The van der Waals surface area contributed by atoms with Crippen LogP contribution in [0.3, 0.4) is 0 Å². The second-order valence-corrected chi connectivity index (χ2v) is 2.26. The Morgan fingerprint density at radius 2 is 2.17 bits per heavy atom.